The second-order valence-corrected chi connectivity index (χ2v) is 9.52. The predicted octanol–water partition coefficient (Wildman–Crippen LogP) is 6.16. The van der Waals surface area contributed by atoms with Gasteiger partial charge in [0.25, 0.3) is 0 Å². The van der Waals surface area contributed by atoms with Crippen molar-refractivity contribution in [2.45, 2.75) is 65.9 Å². The summed E-state index contributed by atoms with van der Waals surface area (Å²) in [6.07, 6.45) is 5.44. The van der Waals surface area contributed by atoms with Gasteiger partial charge in [0.05, 0.1) is 6.10 Å². The second-order valence-electron chi connectivity index (χ2n) is 9.52. The first-order chi connectivity index (χ1) is 14.2. The summed E-state index contributed by atoms with van der Waals surface area (Å²) in [6, 6.07) is 12.7. The monoisotopic (exact) mass is 411 g/mol. The van der Waals surface area contributed by atoms with Crippen LogP contribution in [0.3, 0.4) is 0 Å². The Morgan fingerprint density at radius 2 is 1.83 bits per heavy atom. The van der Waals surface area contributed by atoms with Gasteiger partial charge in [-0.25, -0.2) is 4.39 Å². The molecule has 2 aromatic carbocycles. The summed E-state index contributed by atoms with van der Waals surface area (Å²) in [5, 5.41) is 2.84. The standard InChI is InChI=1S/C26H34FNO2/c1-18(29)28-15-14-19-8-11-24(17-25(19)20-6-5-7-22(27)16-20)30-23-12-9-21(10-13-23)26(2,3)4/h5-8,11,16-17,21,23H,9-10,12-15H2,1-4H3,(H,28,29). The van der Waals surface area contributed by atoms with Crippen LogP contribution in [0.1, 0.15) is 58.9 Å². The molecule has 4 heteroatoms. The van der Waals surface area contributed by atoms with Crippen molar-refractivity contribution >= 4 is 5.91 Å². The van der Waals surface area contributed by atoms with Crippen LogP contribution in [-0.4, -0.2) is 18.6 Å². The molecule has 1 saturated carbocycles. The summed E-state index contributed by atoms with van der Waals surface area (Å²) in [5.74, 6) is 1.27. The molecule has 0 bridgehead atoms. The second kappa shape index (κ2) is 9.63. The first-order valence-electron chi connectivity index (χ1n) is 11.0. The highest BCUT2D eigenvalue weighted by Gasteiger charge is 2.30. The maximum Gasteiger partial charge on any atom is 0.216 e. The molecule has 2 aromatic rings. The van der Waals surface area contributed by atoms with Crippen molar-refractivity contribution < 1.29 is 13.9 Å². The molecule has 1 aliphatic carbocycles. The van der Waals surface area contributed by atoms with Gasteiger partial charge in [-0.2, -0.15) is 0 Å². The van der Waals surface area contributed by atoms with Gasteiger partial charge in [0, 0.05) is 13.5 Å². The number of hydrogen-bond donors (Lipinski definition) is 1. The van der Waals surface area contributed by atoms with E-state index in [1.54, 1.807) is 12.1 Å². The van der Waals surface area contributed by atoms with Gasteiger partial charge in [0.15, 0.2) is 0 Å². The highest BCUT2D eigenvalue weighted by molar-refractivity contribution is 5.73. The van der Waals surface area contributed by atoms with Gasteiger partial charge >= 0.3 is 0 Å². The molecule has 0 saturated heterocycles. The van der Waals surface area contributed by atoms with Crippen molar-refractivity contribution in [2.75, 3.05) is 6.54 Å². The molecule has 3 nitrogen and oxygen atoms in total. The molecule has 162 valence electrons. The minimum absolute atomic E-state index is 0.0480. The molecule has 0 unspecified atom stereocenters. The van der Waals surface area contributed by atoms with Crippen LogP contribution >= 0.6 is 0 Å². The summed E-state index contributed by atoms with van der Waals surface area (Å²) in [6.45, 7) is 9.03. The van der Waals surface area contributed by atoms with Crippen molar-refractivity contribution in [1.29, 1.82) is 0 Å². The van der Waals surface area contributed by atoms with Crippen molar-refractivity contribution in [3.8, 4) is 16.9 Å². The highest BCUT2D eigenvalue weighted by Crippen LogP contribution is 2.39. The van der Waals surface area contributed by atoms with Gasteiger partial charge in [-0.1, -0.05) is 39.0 Å². The normalized spacial score (nSPS) is 19.4. The van der Waals surface area contributed by atoms with Crippen LogP contribution < -0.4 is 10.1 Å². The maximum absolute atomic E-state index is 13.9. The Morgan fingerprint density at radius 3 is 2.47 bits per heavy atom. The summed E-state index contributed by atoms with van der Waals surface area (Å²) < 4.78 is 20.2. The van der Waals surface area contributed by atoms with Gasteiger partial charge in [-0.3, -0.25) is 4.79 Å². The zero-order valence-corrected chi connectivity index (χ0v) is 18.6. The Hall–Kier alpha value is -2.36. The average molecular weight is 412 g/mol. The number of hydrogen-bond acceptors (Lipinski definition) is 2. The van der Waals surface area contributed by atoms with E-state index in [1.165, 1.54) is 25.8 Å². The van der Waals surface area contributed by atoms with Gasteiger partial charge < -0.3 is 10.1 Å². The molecule has 1 aliphatic rings. The largest absolute Gasteiger partial charge is 0.490 e. The Balaban J connectivity index is 1.76. The number of carbonyl (C=O) groups excluding carboxylic acids is 1. The summed E-state index contributed by atoms with van der Waals surface area (Å²) >= 11 is 0. The van der Waals surface area contributed by atoms with Crippen molar-refractivity contribution in [2.24, 2.45) is 11.3 Å². The molecule has 1 N–H and O–H groups in total. The first kappa shape index (κ1) is 22.3. The Bertz CT molecular complexity index is 864. The van der Waals surface area contributed by atoms with Gasteiger partial charge in [-0.15, -0.1) is 0 Å². The molecule has 0 atom stereocenters. The Labute approximate surface area is 180 Å². The molecule has 1 amide bonds. The molecule has 0 spiro atoms. The number of ether oxygens (including phenoxy) is 1. The zero-order chi connectivity index (χ0) is 21.7. The van der Waals surface area contributed by atoms with Crippen LogP contribution in [0.4, 0.5) is 4.39 Å². The van der Waals surface area contributed by atoms with E-state index in [2.05, 4.69) is 26.1 Å². The van der Waals surface area contributed by atoms with Crippen molar-refractivity contribution in [3.05, 3.63) is 53.8 Å². The first-order valence-corrected chi connectivity index (χ1v) is 11.0. The van der Waals surface area contributed by atoms with Gasteiger partial charge in [-0.05, 0) is 84.4 Å². The van der Waals surface area contributed by atoms with E-state index >= 15 is 0 Å². The summed E-state index contributed by atoms with van der Waals surface area (Å²) in [4.78, 5) is 11.2. The van der Waals surface area contributed by atoms with Crippen molar-refractivity contribution in [3.63, 3.8) is 0 Å². The Morgan fingerprint density at radius 1 is 1.10 bits per heavy atom. The third-order valence-electron chi connectivity index (χ3n) is 6.19. The quantitative estimate of drug-likeness (QED) is 0.619. The number of rotatable bonds is 6. The molecular formula is C26H34FNO2. The number of halogens is 1. The SMILES string of the molecule is CC(=O)NCCc1ccc(OC2CCC(C(C)(C)C)CC2)cc1-c1cccc(F)c1. The molecule has 0 heterocycles. The lowest BCUT2D eigenvalue weighted by atomic mass is 9.72. The number of amides is 1. The lowest BCUT2D eigenvalue weighted by Gasteiger charge is -2.37. The third kappa shape index (κ3) is 6.07. The molecule has 0 aromatic heterocycles. The molecule has 3 rings (SSSR count). The summed E-state index contributed by atoms with van der Waals surface area (Å²) in [7, 11) is 0. The van der Waals surface area contributed by atoms with Crippen LogP contribution in [0.25, 0.3) is 11.1 Å². The van der Waals surface area contributed by atoms with E-state index in [-0.39, 0.29) is 17.8 Å². The van der Waals surface area contributed by atoms with Gasteiger partial charge in [0.2, 0.25) is 5.91 Å². The Kier molecular flexibility index (Phi) is 7.17. The van der Waals surface area contributed by atoms with E-state index in [4.69, 9.17) is 4.74 Å². The van der Waals surface area contributed by atoms with Crippen LogP contribution in [0, 0.1) is 17.2 Å². The number of carbonyl (C=O) groups is 1. The minimum Gasteiger partial charge on any atom is -0.490 e. The lowest BCUT2D eigenvalue weighted by molar-refractivity contribution is -0.118. The van der Waals surface area contributed by atoms with Gasteiger partial charge in [0.1, 0.15) is 11.6 Å². The number of benzene rings is 2. The fourth-order valence-electron chi connectivity index (χ4n) is 4.38. The molecule has 0 radical (unpaired) electrons. The molecule has 0 aliphatic heterocycles. The van der Waals surface area contributed by atoms with Crippen LogP contribution in [0.15, 0.2) is 42.5 Å². The molecular weight excluding hydrogens is 377 g/mol. The lowest BCUT2D eigenvalue weighted by Crippen LogP contribution is -2.30. The number of nitrogens with one attached hydrogen (secondary N) is 1. The van der Waals surface area contributed by atoms with E-state index < -0.39 is 0 Å². The minimum atomic E-state index is -0.257. The van der Waals surface area contributed by atoms with Crippen molar-refractivity contribution in [1.82, 2.24) is 5.32 Å². The highest BCUT2D eigenvalue weighted by atomic mass is 19.1. The van der Waals surface area contributed by atoms with Crippen LogP contribution in [0.2, 0.25) is 0 Å². The third-order valence-corrected chi connectivity index (χ3v) is 6.19. The molecule has 30 heavy (non-hydrogen) atoms. The van der Waals surface area contributed by atoms with E-state index in [0.29, 0.717) is 18.4 Å². The zero-order valence-electron chi connectivity index (χ0n) is 18.6. The fourth-order valence-corrected chi connectivity index (χ4v) is 4.38. The predicted molar refractivity (Wildman–Crippen MR) is 120 cm³/mol. The van der Waals surface area contributed by atoms with E-state index in [9.17, 15) is 9.18 Å². The topological polar surface area (TPSA) is 38.3 Å². The van der Waals surface area contributed by atoms with E-state index in [0.717, 1.165) is 41.2 Å². The maximum atomic E-state index is 13.9. The fraction of sp³-hybridized carbons (Fsp3) is 0.500. The molecule has 1 fully saturated rings. The average Bonchev–Trinajstić information content (AvgIpc) is 2.68. The van der Waals surface area contributed by atoms with Crippen LogP contribution in [-0.2, 0) is 11.2 Å². The smallest absolute Gasteiger partial charge is 0.216 e. The van der Waals surface area contributed by atoms with E-state index in [1.807, 2.05) is 24.3 Å². The van der Waals surface area contributed by atoms with Crippen LogP contribution in [0.5, 0.6) is 5.75 Å². The summed E-state index contributed by atoms with van der Waals surface area (Å²) in [5.41, 5.74) is 3.21.